The number of hydrogen-bond donors (Lipinski definition) is 0. The lowest BCUT2D eigenvalue weighted by Crippen LogP contribution is -2.09. The minimum atomic E-state index is 0.464. The van der Waals surface area contributed by atoms with Crippen LogP contribution in [0.15, 0.2) is 42.2 Å². The maximum Gasteiger partial charge on any atom is 0.134 e. The molecule has 2 nitrogen and oxygen atoms in total. The van der Waals surface area contributed by atoms with Gasteiger partial charge in [0.05, 0.1) is 8.95 Å². The molecule has 0 bridgehead atoms. The second-order valence-corrected chi connectivity index (χ2v) is 7.89. The molecular weight excluding hydrogens is 544 g/mol. The Hall–Kier alpha value is -0.0400. The first-order chi connectivity index (χ1) is 10.4. The molecule has 0 amide bonds. The molecule has 0 atom stereocenters. The van der Waals surface area contributed by atoms with Crippen LogP contribution in [0.25, 0.3) is 0 Å². The van der Waals surface area contributed by atoms with Crippen molar-refractivity contribution in [1.82, 2.24) is 0 Å². The van der Waals surface area contributed by atoms with Gasteiger partial charge >= 0.3 is 0 Å². The highest BCUT2D eigenvalue weighted by atomic mass is 79.9. The third-order valence-electron chi connectivity index (χ3n) is 3.08. The summed E-state index contributed by atoms with van der Waals surface area (Å²) < 4.78 is 15.4. The molecule has 0 saturated heterocycles. The maximum atomic E-state index is 5.76. The van der Waals surface area contributed by atoms with Gasteiger partial charge in [0.1, 0.15) is 24.7 Å². The average Bonchev–Trinajstić information content (AvgIpc) is 2.50. The van der Waals surface area contributed by atoms with E-state index < -0.39 is 0 Å². The highest BCUT2D eigenvalue weighted by molar-refractivity contribution is 9.13. The second-order valence-electron chi connectivity index (χ2n) is 4.71. The molecule has 6 heteroatoms. The van der Waals surface area contributed by atoms with Gasteiger partial charge < -0.3 is 9.47 Å². The summed E-state index contributed by atoms with van der Waals surface area (Å²) >= 11 is 14.1. The SMILES string of the molecule is Cc1ccc(OCCOc2ccc(C)c(Br)c2Br)c(Br)c1Br. The molecule has 22 heavy (non-hydrogen) atoms. The van der Waals surface area contributed by atoms with E-state index in [1.54, 1.807) is 0 Å². The molecule has 0 aromatic heterocycles. The Morgan fingerprint density at radius 2 is 1.00 bits per heavy atom. The Bertz CT molecular complexity index is 627. The van der Waals surface area contributed by atoms with Gasteiger partial charge in [-0.15, -0.1) is 0 Å². The van der Waals surface area contributed by atoms with Gasteiger partial charge in [0.15, 0.2) is 0 Å². The molecule has 2 rings (SSSR count). The molecule has 0 heterocycles. The first-order valence-corrected chi connectivity index (χ1v) is 9.73. The van der Waals surface area contributed by atoms with Gasteiger partial charge in [-0.2, -0.15) is 0 Å². The van der Waals surface area contributed by atoms with E-state index in [0.29, 0.717) is 13.2 Å². The van der Waals surface area contributed by atoms with Gasteiger partial charge in [-0.3, -0.25) is 0 Å². The zero-order valence-corrected chi connectivity index (χ0v) is 18.4. The van der Waals surface area contributed by atoms with Crippen molar-refractivity contribution in [2.45, 2.75) is 13.8 Å². The van der Waals surface area contributed by atoms with E-state index in [-0.39, 0.29) is 0 Å². The molecule has 2 aromatic carbocycles. The summed E-state index contributed by atoms with van der Waals surface area (Å²) in [5.41, 5.74) is 2.31. The van der Waals surface area contributed by atoms with Crippen LogP contribution in [-0.4, -0.2) is 13.2 Å². The Balaban J connectivity index is 1.93. The lowest BCUT2D eigenvalue weighted by atomic mass is 10.2. The van der Waals surface area contributed by atoms with E-state index in [2.05, 4.69) is 63.7 Å². The van der Waals surface area contributed by atoms with Crippen LogP contribution in [0.5, 0.6) is 11.5 Å². The Morgan fingerprint density at radius 3 is 1.36 bits per heavy atom. The predicted octanol–water partition coefficient (Wildman–Crippen LogP) is 6.81. The number of benzene rings is 2. The number of ether oxygens (including phenoxy) is 2. The first kappa shape index (κ1) is 18.3. The first-order valence-electron chi connectivity index (χ1n) is 6.56. The molecule has 0 radical (unpaired) electrons. The van der Waals surface area contributed by atoms with Crippen LogP contribution in [0.3, 0.4) is 0 Å². The monoisotopic (exact) mass is 554 g/mol. The summed E-state index contributed by atoms with van der Waals surface area (Å²) in [4.78, 5) is 0. The summed E-state index contributed by atoms with van der Waals surface area (Å²) in [7, 11) is 0. The molecule has 0 saturated carbocycles. The van der Waals surface area contributed by atoms with Crippen LogP contribution in [0.2, 0.25) is 0 Å². The van der Waals surface area contributed by atoms with Crippen LogP contribution in [-0.2, 0) is 0 Å². The van der Waals surface area contributed by atoms with Gasteiger partial charge in [-0.25, -0.2) is 0 Å². The van der Waals surface area contributed by atoms with E-state index in [9.17, 15) is 0 Å². The van der Waals surface area contributed by atoms with Gasteiger partial charge in [0.25, 0.3) is 0 Å². The number of rotatable bonds is 5. The van der Waals surface area contributed by atoms with Crippen LogP contribution in [0, 0.1) is 13.8 Å². The van der Waals surface area contributed by atoms with Crippen molar-refractivity contribution < 1.29 is 9.47 Å². The minimum absolute atomic E-state index is 0.464. The predicted molar refractivity (Wildman–Crippen MR) is 104 cm³/mol. The molecule has 0 aliphatic heterocycles. The molecule has 118 valence electrons. The molecule has 0 fully saturated rings. The average molecular weight is 558 g/mol. The van der Waals surface area contributed by atoms with Crippen molar-refractivity contribution in [1.29, 1.82) is 0 Å². The van der Waals surface area contributed by atoms with Gasteiger partial charge in [-0.1, -0.05) is 12.1 Å². The zero-order chi connectivity index (χ0) is 16.3. The quantitative estimate of drug-likeness (QED) is 0.376. The van der Waals surface area contributed by atoms with E-state index in [4.69, 9.17) is 9.47 Å². The lowest BCUT2D eigenvalue weighted by molar-refractivity contribution is 0.215. The normalized spacial score (nSPS) is 10.6. The van der Waals surface area contributed by atoms with Crippen LogP contribution < -0.4 is 9.47 Å². The van der Waals surface area contributed by atoms with Crippen molar-refractivity contribution in [3.8, 4) is 11.5 Å². The highest BCUT2D eigenvalue weighted by Gasteiger charge is 2.09. The number of aryl methyl sites for hydroxylation is 2. The largest absolute Gasteiger partial charge is 0.489 e. The molecule has 0 spiro atoms. The van der Waals surface area contributed by atoms with E-state index in [1.165, 1.54) is 0 Å². The standard InChI is InChI=1S/C16H14Br4O2/c1-9-3-5-11(15(19)13(9)17)21-7-8-22-12-6-4-10(2)14(18)16(12)20/h3-6H,7-8H2,1-2H3. The summed E-state index contributed by atoms with van der Waals surface area (Å²) in [5.74, 6) is 1.59. The Kier molecular flexibility index (Phi) is 6.80. The fourth-order valence-corrected chi connectivity index (χ4v) is 3.56. The minimum Gasteiger partial charge on any atom is -0.489 e. The zero-order valence-electron chi connectivity index (χ0n) is 12.1. The van der Waals surface area contributed by atoms with Crippen LogP contribution >= 0.6 is 63.7 Å². The second kappa shape index (κ2) is 8.18. The molecule has 0 unspecified atom stereocenters. The van der Waals surface area contributed by atoms with E-state index in [1.807, 2.05) is 38.1 Å². The van der Waals surface area contributed by atoms with E-state index in [0.717, 1.165) is 40.5 Å². The fraction of sp³-hybridized carbons (Fsp3) is 0.250. The van der Waals surface area contributed by atoms with Crippen molar-refractivity contribution >= 4 is 63.7 Å². The van der Waals surface area contributed by atoms with E-state index >= 15 is 0 Å². The van der Waals surface area contributed by atoms with Gasteiger partial charge in [0.2, 0.25) is 0 Å². The molecule has 0 aliphatic rings. The van der Waals surface area contributed by atoms with Crippen molar-refractivity contribution in [3.05, 3.63) is 53.3 Å². The van der Waals surface area contributed by atoms with Gasteiger partial charge in [-0.05, 0) is 101 Å². The summed E-state index contributed by atoms with van der Waals surface area (Å²) in [6, 6.07) is 7.92. The topological polar surface area (TPSA) is 18.5 Å². The highest BCUT2D eigenvalue weighted by Crippen LogP contribution is 2.36. The third kappa shape index (κ3) is 4.28. The van der Waals surface area contributed by atoms with Crippen molar-refractivity contribution in [2.24, 2.45) is 0 Å². The van der Waals surface area contributed by atoms with Crippen LogP contribution in [0.4, 0.5) is 0 Å². The van der Waals surface area contributed by atoms with Crippen LogP contribution in [0.1, 0.15) is 11.1 Å². The van der Waals surface area contributed by atoms with Gasteiger partial charge in [0, 0.05) is 8.95 Å². The van der Waals surface area contributed by atoms with Crippen molar-refractivity contribution in [3.63, 3.8) is 0 Å². The molecular formula is C16H14Br4O2. The molecule has 2 aromatic rings. The summed E-state index contributed by atoms with van der Waals surface area (Å²) in [6.45, 7) is 5.00. The Morgan fingerprint density at radius 1 is 0.636 bits per heavy atom. The molecule has 0 N–H and O–H groups in total. The number of halogens is 4. The number of hydrogen-bond acceptors (Lipinski definition) is 2. The maximum absolute atomic E-state index is 5.76. The smallest absolute Gasteiger partial charge is 0.134 e. The molecule has 0 aliphatic carbocycles. The summed E-state index contributed by atoms with van der Waals surface area (Å²) in [6.07, 6.45) is 0. The lowest BCUT2D eigenvalue weighted by Gasteiger charge is -2.13. The summed E-state index contributed by atoms with van der Waals surface area (Å²) in [5, 5.41) is 0. The third-order valence-corrected chi connectivity index (χ3v) is 7.76. The van der Waals surface area contributed by atoms with Crippen molar-refractivity contribution in [2.75, 3.05) is 13.2 Å². The fourth-order valence-electron chi connectivity index (χ4n) is 1.78. The Labute approximate surface area is 164 Å².